The van der Waals surface area contributed by atoms with Crippen LogP contribution in [-0.4, -0.2) is 42.1 Å². The van der Waals surface area contributed by atoms with Crippen molar-refractivity contribution in [1.29, 1.82) is 0 Å². The third-order valence-corrected chi connectivity index (χ3v) is 4.14. The van der Waals surface area contributed by atoms with Gasteiger partial charge in [0.2, 0.25) is 5.95 Å². The topological polar surface area (TPSA) is 53.1 Å². The van der Waals surface area contributed by atoms with Gasteiger partial charge < -0.3 is 15.5 Å². The minimum atomic E-state index is 0.579. The van der Waals surface area contributed by atoms with Gasteiger partial charge in [-0.15, -0.1) is 0 Å². The van der Waals surface area contributed by atoms with Crippen LogP contribution in [0.15, 0.2) is 30.3 Å². The number of anilines is 3. The molecule has 0 bridgehead atoms. The third-order valence-electron chi connectivity index (χ3n) is 3.90. The number of aromatic nitrogens is 2. The summed E-state index contributed by atoms with van der Waals surface area (Å²) in [6, 6.07) is 9.71. The first-order chi connectivity index (χ1) is 11.6. The van der Waals surface area contributed by atoms with Gasteiger partial charge in [-0.1, -0.05) is 17.7 Å². The molecule has 0 unspecified atom stereocenters. The summed E-state index contributed by atoms with van der Waals surface area (Å²) in [5.74, 6) is 2.09. The van der Waals surface area contributed by atoms with Gasteiger partial charge in [0.1, 0.15) is 5.82 Å². The summed E-state index contributed by atoms with van der Waals surface area (Å²) in [7, 11) is 4.16. The lowest BCUT2D eigenvalue weighted by Gasteiger charge is -2.12. The van der Waals surface area contributed by atoms with Crippen LogP contribution in [0.2, 0.25) is 5.02 Å². The molecule has 3 rings (SSSR count). The second kappa shape index (κ2) is 7.81. The van der Waals surface area contributed by atoms with E-state index in [1.54, 1.807) is 0 Å². The Labute approximate surface area is 148 Å². The van der Waals surface area contributed by atoms with E-state index in [4.69, 9.17) is 11.6 Å². The van der Waals surface area contributed by atoms with Gasteiger partial charge in [-0.3, -0.25) is 0 Å². The molecule has 128 valence electrons. The van der Waals surface area contributed by atoms with E-state index in [0.29, 0.717) is 16.9 Å². The highest BCUT2D eigenvalue weighted by molar-refractivity contribution is 6.30. The zero-order valence-corrected chi connectivity index (χ0v) is 15.0. The van der Waals surface area contributed by atoms with Crippen LogP contribution in [-0.2, 0) is 0 Å². The van der Waals surface area contributed by atoms with Crippen LogP contribution >= 0.6 is 11.6 Å². The molecule has 1 aliphatic rings. The van der Waals surface area contributed by atoms with Crippen LogP contribution in [0, 0.1) is 0 Å². The normalized spacial score (nSPS) is 14.0. The van der Waals surface area contributed by atoms with Gasteiger partial charge in [0.15, 0.2) is 0 Å². The van der Waals surface area contributed by atoms with Crippen LogP contribution in [0.25, 0.3) is 0 Å². The molecule has 5 nitrogen and oxygen atoms in total. The number of hydrogen-bond acceptors (Lipinski definition) is 5. The van der Waals surface area contributed by atoms with Crippen LogP contribution in [0.3, 0.4) is 0 Å². The van der Waals surface area contributed by atoms with Gasteiger partial charge in [-0.2, -0.15) is 4.98 Å². The molecule has 0 aliphatic heterocycles. The molecule has 1 saturated carbocycles. The summed E-state index contributed by atoms with van der Waals surface area (Å²) in [6.45, 7) is 1.91. The molecule has 0 spiro atoms. The third kappa shape index (κ3) is 5.08. The van der Waals surface area contributed by atoms with E-state index in [1.807, 2.05) is 30.3 Å². The summed E-state index contributed by atoms with van der Waals surface area (Å²) in [5, 5.41) is 7.39. The van der Waals surface area contributed by atoms with Crippen molar-refractivity contribution >= 4 is 29.1 Å². The number of nitrogens with one attached hydrogen (secondary N) is 2. The van der Waals surface area contributed by atoms with E-state index in [2.05, 4.69) is 39.6 Å². The number of hydrogen-bond donors (Lipinski definition) is 2. The van der Waals surface area contributed by atoms with E-state index in [0.717, 1.165) is 36.7 Å². The molecule has 1 fully saturated rings. The first kappa shape index (κ1) is 17.0. The van der Waals surface area contributed by atoms with Crippen molar-refractivity contribution in [2.24, 2.45) is 0 Å². The number of rotatable bonds is 8. The highest BCUT2D eigenvalue weighted by Gasteiger charge is 2.26. The molecule has 6 heteroatoms. The quantitative estimate of drug-likeness (QED) is 0.705. The Morgan fingerprint density at radius 2 is 2.04 bits per heavy atom. The maximum atomic E-state index is 6.05. The summed E-state index contributed by atoms with van der Waals surface area (Å²) in [5.41, 5.74) is 2.05. The lowest BCUT2D eigenvalue weighted by molar-refractivity contribution is 0.405. The minimum absolute atomic E-state index is 0.579. The Bertz CT molecular complexity index is 685. The Balaban J connectivity index is 1.70. The molecule has 0 radical (unpaired) electrons. The van der Waals surface area contributed by atoms with Gasteiger partial charge in [-0.05, 0) is 58.1 Å². The molecule has 24 heavy (non-hydrogen) atoms. The average Bonchev–Trinajstić information content (AvgIpc) is 3.36. The van der Waals surface area contributed by atoms with Crippen molar-refractivity contribution in [3.05, 3.63) is 41.0 Å². The van der Waals surface area contributed by atoms with Crippen LogP contribution in [0.5, 0.6) is 0 Å². The van der Waals surface area contributed by atoms with Crippen LogP contribution < -0.4 is 10.6 Å². The molecule has 2 aromatic rings. The second-order valence-electron chi connectivity index (χ2n) is 6.49. The fraction of sp³-hybridized carbons (Fsp3) is 0.444. The zero-order chi connectivity index (χ0) is 16.9. The van der Waals surface area contributed by atoms with Crippen molar-refractivity contribution in [2.45, 2.75) is 25.2 Å². The fourth-order valence-electron chi connectivity index (χ4n) is 2.51. The Hall–Kier alpha value is -1.85. The lowest BCUT2D eigenvalue weighted by atomic mass is 10.2. The Morgan fingerprint density at radius 3 is 2.75 bits per heavy atom. The van der Waals surface area contributed by atoms with Crippen molar-refractivity contribution in [3.8, 4) is 0 Å². The lowest BCUT2D eigenvalue weighted by Crippen LogP contribution is -2.17. The summed E-state index contributed by atoms with van der Waals surface area (Å²) < 4.78 is 0. The standard InChI is InChI=1S/C18H24ClN5/c1-24(2)10-4-9-20-18-22-16(13-7-8-13)12-17(23-18)21-15-6-3-5-14(19)11-15/h3,5-6,11-13H,4,7-10H2,1-2H3,(H2,20,21,22,23). The number of halogens is 1. The number of nitrogens with zero attached hydrogens (tertiary/aromatic N) is 3. The number of benzene rings is 1. The maximum absolute atomic E-state index is 6.05. The van der Waals surface area contributed by atoms with Crippen LogP contribution in [0.4, 0.5) is 17.5 Å². The highest BCUT2D eigenvalue weighted by Crippen LogP contribution is 2.40. The van der Waals surface area contributed by atoms with E-state index in [9.17, 15) is 0 Å². The van der Waals surface area contributed by atoms with Gasteiger partial charge in [0.25, 0.3) is 0 Å². The average molecular weight is 346 g/mol. The fourth-order valence-corrected chi connectivity index (χ4v) is 2.70. The van der Waals surface area contributed by atoms with E-state index >= 15 is 0 Å². The maximum Gasteiger partial charge on any atom is 0.224 e. The van der Waals surface area contributed by atoms with E-state index in [-0.39, 0.29) is 0 Å². The molecule has 2 N–H and O–H groups in total. The van der Waals surface area contributed by atoms with Crippen LogP contribution in [0.1, 0.15) is 30.9 Å². The molecule has 0 saturated heterocycles. The predicted molar refractivity (Wildman–Crippen MR) is 100 cm³/mol. The second-order valence-corrected chi connectivity index (χ2v) is 6.93. The van der Waals surface area contributed by atoms with Gasteiger partial charge in [0.05, 0.1) is 5.69 Å². The van der Waals surface area contributed by atoms with Crippen molar-refractivity contribution < 1.29 is 0 Å². The Morgan fingerprint density at radius 1 is 1.21 bits per heavy atom. The summed E-state index contributed by atoms with van der Waals surface area (Å²) in [4.78, 5) is 11.4. The predicted octanol–water partition coefficient (Wildman–Crippen LogP) is 4.11. The molecule has 1 aromatic heterocycles. The summed E-state index contributed by atoms with van der Waals surface area (Å²) in [6.07, 6.45) is 3.49. The smallest absolute Gasteiger partial charge is 0.224 e. The minimum Gasteiger partial charge on any atom is -0.354 e. The van der Waals surface area contributed by atoms with E-state index in [1.165, 1.54) is 12.8 Å². The highest BCUT2D eigenvalue weighted by atomic mass is 35.5. The molecule has 1 aliphatic carbocycles. The SMILES string of the molecule is CN(C)CCCNc1nc(Nc2cccc(Cl)c2)cc(C2CC2)n1. The monoisotopic (exact) mass is 345 g/mol. The van der Waals surface area contributed by atoms with Crippen molar-refractivity contribution in [2.75, 3.05) is 37.8 Å². The molecule has 1 aromatic carbocycles. The molecule has 0 amide bonds. The largest absolute Gasteiger partial charge is 0.354 e. The summed E-state index contributed by atoms with van der Waals surface area (Å²) >= 11 is 6.05. The van der Waals surface area contributed by atoms with Crippen molar-refractivity contribution in [3.63, 3.8) is 0 Å². The van der Waals surface area contributed by atoms with Gasteiger partial charge >= 0.3 is 0 Å². The molecular formula is C18H24ClN5. The molecule has 1 heterocycles. The zero-order valence-electron chi connectivity index (χ0n) is 14.2. The Kier molecular flexibility index (Phi) is 5.53. The molecule has 0 atom stereocenters. The van der Waals surface area contributed by atoms with E-state index < -0.39 is 0 Å². The molecular weight excluding hydrogens is 322 g/mol. The van der Waals surface area contributed by atoms with Gasteiger partial charge in [0, 0.05) is 29.2 Å². The van der Waals surface area contributed by atoms with Crippen molar-refractivity contribution in [1.82, 2.24) is 14.9 Å². The van der Waals surface area contributed by atoms with Gasteiger partial charge in [-0.25, -0.2) is 4.98 Å². The first-order valence-corrected chi connectivity index (χ1v) is 8.78. The first-order valence-electron chi connectivity index (χ1n) is 8.40.